The lowest BCUT2D eigenvalue weighted by molar-refractivity contribution is 0.415. The zero-order chi connectivity index (χ0) is 17.9. The molecule has 2 heterocycles. The summed E-state index contributed by atoms with van der Waals surface area (Å²) in [6, 6.07) is 16.2. The summed E-state index contributed by atoms with van der Waals surface area (Å²) in [5, 5.41) is 14.1. The van der Waals surface area contributed by atoms with E-state index in [0.717, 1.165) is 33.5 Å². The Labute approximate surface area is 155 Å². The molecule has 0 radical (unpaired) electrons. The van der Waals surface area contributed by atoms with E-state index in [1.54, 1.807) is 7.11 Å². The monoisotopic (exact) mass is 362 g/mol. The summed E-state index contributed by atoms with van der Waals surface area (Å²) < 4.78 is 7.02. The first kappa shape index (κ1) is 16.5. The maximum atomic E-state index is 5.18. The van der Waals surface area contributed by atoms with E-state index in [9.17, 15) is 0 Å². The van der Waals surface area contributed by atoms with Crippen molar-refractivity contribution in [3.63, 3.8) is 0 Å². The van der Waals surface area contributed by atoms with E-state index < -0.39 is 0 Å². The van der Waals surface area contributed by atoms with Gasteiger partial charge in [0, 0.05) is 6.42 Å². The van der Waals surface area contributed by atoms with Crippen molar-refractivity contribution >= 4 is 28.4 Å². The quantitative estimate of drug-likeness (QED) is 0.532. The van der Waals surface area contributed by atoms with Crippen molar-refractivity contribution in [3.8, 4) is 5.75 Å². The Morgan fingerprint density at radius 3 is 2.62 bits per heavy atom. The largest absolute Gasteiger partial charge is 0.497 e. The Hall–Kier alpha value is -2.99. The minimum absolute atomic E-state index is 0.721. The first-order valence-corrected chi connectivity index (χ1v) is 9.12. The van der Waals surface area contributed by atoms with Gasteiger partial charge in [-0.1, -0.05) is 53.8 Å². The van der Waals surface area contributed by atoms with E-state index in [1.165, 1.54) is 22.5 Å². The van der Waals surface area contributed by atoms with Gasteiger partial charge in [0.05, 0.1) is 7.11 Å². The van der Waals surface area contributed by atoms with Crippen LogP contribution in [-0.4, -0.2) is 26.9 Å². The van der Waals surface area contributed by atoms with Crippen molar-refractivity contribution in [1.29, 1.82) is 0 Å². The lowest BCUT2D eigenvalue weighted by Crippen LogP contribution is -1.99. The Kier molecular flexibility index (Phi) is 4.50. The van der Waals surface area contributed by atoms with Crippen molar-refractivity contribution < 1.29 is 4.74 Å². The molecule has 4 rings (SSSR count). The van der Waals surface area contributed by atoms with E-state index in [0.29, 0.717) is 0 Å². The number of fused-ring (bicyclic) bond motifs is 1. The first-order chi connectivity index (χ1) is 12.7. The summed E-state index contributed by atoms with van der Waals surface area (Å²) in [7, 11) is 1.67. The van der Waals surface area contributed by atoms with Crippen LogP contribution in [-0.2, 0) is 6.42 Å². The highest BCUT2D eigenvalue weighted by Gasteiger charge is 2.11. The Morgan fingerprint density at radius 1 is 1.04 bits per heavy atom. The van der Waals surface area contributed by atoms with Gasteiger partial charge in [-0.15, -0.1) is 10.2 Å². The van der Waals surface area contributed by atoms with Gasteiger partial charge in [0.2, 0.25) is 4.96 Å². The van der Waals surface area contributed by atoms with Gasteiger partial charge in [-0.3, -0.25) is 0 Å². The van der Waals surface area contributed by atoms with Crippen LogP contribution >= 0.6 is 11.3 Å². The standard InChI is InChI=1S/C20H18N4OS/c1-14-5-3-4-6-16(14)13-18-21-22-20-24(18)23-19(26-20)12-9-15-7-10-17(25-2)11-8-15/h3-12H,13H2,1-2H3/b12-9-. The molecule has 0 bridgehead atoms. The molecule has 6 heteroatoms. The summed E-state index contributed by atoms with van der Waals surface area (Å²) in [4.78, 5) is 0.808. The number of benzene rings is 2. The van der Waals surface area contributed by atoms with Crippen LogP contribution in [0, 0.1) is 6.92 Å². The minimum atomic E-state index is 0.721. The van der Waals surface area contributed by atoms with Crippen molar-refractivity contribution in [2.24, 2.45) is 0 Å². The van der Waals surface area contributed by atoms with E-state index in [-0.39, 0.29) is 0 Å². The molecule has 0 amide bonds. The molecule has 0 aliphatic carbocycles. The van der Waals surface area contributed by atoms with E-state index in [4.69, 9.17) is 4.74 Å². The minimum Gasteiger partial charge on any atom is -0.497 e. The van der Waals surface area contributed by atoms with Crippen LogP contribution in [0.3, 0.4) is 0 Å². The van der Waals surface area contributed by atoms with Crippen LogP contribution in [0.1, 0.15) is 27.5 Å². The summed E-state index contributed by atoms with van der Waals surface area (Å²) in [6.07, 6.45) is 4.75. The van der Waals surface area contributed by atoms with Crippen molar-refractivity contribution in [3.05, 3.63) is 76.1 Å². The summed E-state index contributed by atoms with van der Waals surface area (Å²) in [5.41, 5.74) is 3.58. The molecule has 2 aromatic heterocycles. The summed E-state index contributed by atoms with van der Waals surface area (Å²) >= 11 is 1.53. The molecule has 0 saturated heterocycles. The van der Waals surface area contributed by atoms with Crippen LogP contribution in [0.2, 0.25) is 0 Å². The third kappa shape index (κ3) is 3.36. The first-order valence-electron chi connectivity index (χ1n) is 8.31. The molecular formula is C20H18N4OS. The molecule has 4 aromatic rings. The van der Waals surface area contributed by atoms with Gasteiger partial charge in [0.25, 0.3) is 0 Å². The zero-order valence-corrected chi connectivity index (χ0v) is 15.4. The highest BCUT2D eigenvalue weighted by Crippen LogP contribution is 2.20. The van der Waals surface area contributed by atoms with E-state index in [1.807, 2.05) is 53.1 Å². The van der Waals surface area contributed by atoms with Crippen LogP contribution in [0.5, 0.6) is 5.75 Å². The second kappa shape index (κ2) is 7.09. The molecule has 0 fully saturated rings. The molecule has 0 aliphatic rings. The number of aryl methyl sites for hydroxylation is 1. The number of ether oxygens (including phenoxy) is 1. The zero-order valence-electron chi connectivity index (χ0n) is 14.6. The van der Waals surface area contributed by atoms with Crippen molar-refractivity contribution in [2.75, 3.05) is 7.11 Å². The molecule has 0 N–H and O–H groups in total. The number of methoxy groups -OCH3 is 1. The number of rotatable bonds is 5. The third-order valence-electron chi connectivity index (χ3n) is 4.22. The normalized spacial score (nSPS) is 11.5. The highest BCUT2D eigenvalue weighted by atomic mass is 32.1. The molecule has 0 unspecified atom stereocenters. The fourth-order valence-corrected chi connectivity index (χ4v) is 3.47. The van der Waals surface area contributed by atoms with Crippen LogP contribution in [0.25, 0.3) is 17.1 Å². The predicted molar refractivity (Wildman–Crippen MR) is 105 cm³/mol. The number of hydrogen-bond donors (Lipinski definition) is 0. The lowest BCUT2D eigenvalue weighted by Gasteiger charge is -2.02. The maximum Gasteiger partial charge on any atom is 0.234 e. The Morgan fingerprint density at radius 2 is 1.85 bits per heavy atom. The average molecular weight is 362 g/mol. The fraction of sp³-hybridized carbons (Fsp3) is 0.150. The van der Waals surface area contributed by atoms with Crippen LogP contribution < -0.4 is 4.74 Å². The Bertz CT molecular complexity index is 1060. The van der Waals surface area contributed by atoms with Crippen LogP contribution in [0.4, 0.5) is 0 Å². The molecule has 130 valence electrons. The van der Waals surface area contributed by atoms with E-state index in [2.05, 4.69) is 34.4 Å². The number of hydrogen-bond acceptors (Lipinski definition) is 5. The third-order valence-corrected chi connectivity index (χ3v) is 5.08. The van der Waals surface area contributed by atoms with E-state index >= 15 is 0 Å². The van der Waals surface area contributed by atoms with Crippen molar-refractivity contribution in [1.82, 2.24) is 19.8 Å². The number of aromatic nitrogens is 4. The molecule has 2 aromatic carbocycles. The van der Waals surface area contributed by atoms with Gasteiger partial charge in [0.1, 0.15) is 10.8 Å². The highest BCUT2D eigenvalue weighted by molar-refractivity contribution is 7.17. The average Bonchev–Trinajstić information content (AvgIpc) is 3.23. The smallest absolute Gasteiger partial charge is 0.234 e. The second-order valence-corrected chi connectivity index (χ2v) is 6.95. The number of nitrogens with zero attached hydrogens (tertiary/aromatic N) is 4. The summed E-state index contributed by atoms with van der Waals surface area (Å²) in [6.45, 7) is 2.11. The second-order valence-electron chi connectivity index (χ2n) is 5.96. The van der Waals surface area contributed by atoms with Crippen molar-refractivity contribution in [2.45, 2.75) is 13.3 Å². The molecule has 5 nitrogen and oxygen atoms in total. The fourth-order valence-electron chi connectivity index (χ4n) is 2.71. The summed E-state index contributed by atoms with van der Waals surface area (Å²) in [5.74, 6) is 1.71. The van der Waals surface area contributed by atoms with Gasteiger partial charge in [-0.05, 0) is 41.8 Å². The van der Waals surface area contributed by atoms with Gasteiger partial charge in [-0.25, -0.2) is 0 Å². The van der Waals surface area contributed by atoms with Gasteiger partial charge >= 0.3 is 0 Å². The lowest BCUT2D eigenvalue weighted by atomic mass is 10.1. The predicted octanol–water partition coefficient (Wildman–Crippen LogP) is 4.26. The van der Waals surface area contributed by atoms with Gasteiger partial charge in [0.15, 0.2) is 5.82 Å². The maximum absolute atomic E-state index is 5.18. The molecular weight excluding hydrogens is 344 g/mol. The Balaban J connectivity index is 1.57. The van der Waals surface area contributed by atoms with Gasteiger partial charge in [-0.2, -0.15) is 9.61 Å². The molecule has 0 aliphatic heterocycles. The van der Waals surface area contributed by atoms with Crippen LogP contribution in [0.15, 0.2) is 48.5 Å². The SMILES string of the molecule is COc1ccc(/C=C\c2nn3c(Cc4ccccc4C)nnc3s2)cc1. The molecule has 0 spiro atoms. The molecule has 0 saturated carbocycles. The topological polar surface area (TPSA) is 52.3 Å². The molecule has 0 atom stereocenters. The molecule has 26 heavy (non-hydrogen) atoms. The van der Waals surface area contributed by atoms with Gasteiger partial charge < -0.3 is 4.74 Å².